The summed E-state index contributed by atoms with van der Waals surface area (Å²) in [6.07, 6.45) is 8.62. The average molecular weight is 270 g/mol. The molecule has 2 N–H and O–H groups in total. The van der Waals surface area contributed by atoms with Crippen molar-refractivity contribution < 1.29 is 15.0 Å². The van der Waals surface area contributed by atoms with Crippen LogP contribution in [-0.2, 0) is 0 Å². The second-order valence-corrected chi connectivity index (χ2v) is 4.74. The molecule has 0 fully saturated rings. The van der Waals surface area contributed by atoms with Crippen molar-refractivity contribution in [2.75, 3.05) is 0 Å². The molecule has 0 spiro atoms. The fraction of sp³-hybridized carbons (Fsp3) is 0.235. The number of benzene rings is 1. The van der Waals surface area contributed by atoms with E-state index in [1.165, 1.54) is 35.1 Å². The smallest absolute Gasteiger partial charge is 0.450 e. The molecule has 2 aliphatic carbocycles. The molecule has 3 rings (SSSR count). The predicted molar refractivity (Wildman–Crippen MR) is 80.7 cm³/mol. The van der Waals surface area contributed by atoms with Crippen molar-refractivity contribution >= 4 is 17.3 Å². The molecule has 0 saturated carbocycles. The van der Waals surface area contributed by atoms with Gasteiger partial charge in [0.2, 0.25) is 0 Å². The van der Waals surface area contributed by atoms with Gasteiger partial charge in [-0.05, 0) is 40.7 Å². The van der Waals surface area contributed by atoms with Gasteiger partial charge in [0, 0.05) is 0 Å². The third-order valence-corrected chi connectivity index (χ3v) is 3.38. The number of unbranched alkanes of at least 4 members (excludes halogenated alkanes) is 1. The first kappa shape index (κ1) is 14.1. The summed E-state index contributed by atoms with van der Waals surface area (Å²) in [5.74, 6) is 0. The van der Waals surface area contributed by atoms with Crippen LogP contribution in [0.5, 0.6) is 0 Å². The topological polar surface area (TPSA) is 57.5 Å². The van der Waals surface area contributed by atoms with E-state index in [-0.39, 0.29) is 0 Å². The van der Waals surface area contributed by atoms with E-state index in [1.807, 2.05) is 0 Å². The molecular weight excluding hydrogens is 252 g/mol. The molecule has 1 aromatic rings. The van der Waals surface area contributed by atoms with Crippen LogP contribution in [0.15, 0.2) is 48.1 Å². The number of carboxylic acid groups (broad SMARTS) is 2. The lowest BCUT2D eigenvalue weighted by Crippen LogP contribution is -2.10. The van der Waals surface area contributed by atoms with Gasteiger partial charge >= 0.3 is 6.16 Å². The zero-order valence-electron chi connectivity index (χ0n) is 11.5. The van der Waals surface area contributed by atoms with Crippen LogP contribution < -0.4 is 0 Å². The Balaban J connectivity index is 0.000000328. The Morgan fingerprint density at radius 1 is 1.25 bits per heavy atom. The molecule has 0 bridgehead atoms. The van der Waals surface area contributed by atoms with Crippen LogP contribution in [0.1, 0.15) is 37.3 Å². The van der Waals surface area contributed by atoms with Crippen LogP contribution in [0.4, 0.5) is 4.79 Å². The van der Waals surface area contributed by atoms with Crippen LogP contribution in [0.25, 0.3) is 11.1 Å². The summed E-state index contributed by atoms with van der Waals surface area (Å²) in [6, 6.07) is 8.76. The minimum Gasteiger partial charge on any atom is -0.450 e. The highest BCUT2D eigenvalue weighted by Gasteiger charge is 2.27. The van der Waals surface area contributed by atoms with Crippen molar-refractivity contribution in [3.05, 3.63) is 59.2 Å². The molecule has 2 aliphatic rings. The Hall–Kier alpha value is -2.29. The number of rotatable bonds is 2. The van der Waals surface area contributed by atoms with Gasteiger partial charge in [-0.15, -0.1) is 0 Å². The number of fused-ring (bicyclic) bond motifs is 3. The second-order valence-electron chi connectivity index (χ2n) is 4.74. The summed E-state index contributed by atoms with van der Waals surface area (Å²) in [6.45, 7) is 2.23. The Morgan fingerprint density at radius 2 is 1.90 bits per heavy atom. The van der Waals surface area contributed by atoms with Gasteiger partial charge in [-0.25, -0.2) is 4.79 Å². The SMILES string of the molecule is CCCC=C1C=CCC2=C1c1ccccc12.O=C(O)O. The molecule has 0 saturated heterocycles. The summed E-state index contributed by atoms with van der Waals surface area (Å²) in [5.41, 5.74) is 7.39. The van der Waals surface area contributed by atoms with Gasteiger partial charge < -0.3 is 10.2 Å². The lowest BCUT2D eigenvalue weighted by molar-refractivity contribution is 0.137. The minimum atomic E-state index is -1.83. The number of allylic oxidation sites excluding steroid dienone is 6. The van der Waals surface area contributed by atoms with E-state index in [2.05, 4.69) is 49.4 Å². The first-order chi connectivity index (χ1) is 9.65. The van der Waals surface area contributed by atoms with E-state index < -0.39 is 6.16 Å². The minimum absolute atomic E-state index is 1.11. The standard InChI is InChI=1S/C16H16.CH2O3/c1-2-3-7-12-8-6-11-15-13-9-4-5-10-14(13)16(12)15;2-1(3)4/h4-10H,2-3,11H2,1H3;(H2,2,3,4). The Labute approximate surface area is 118 Å². The van der Waals surface area contributed by atoms with E-state index in [9.17, 15) is 0 Å². The Morgan fingerprint density at radius 3 is 2.55 bits per heavy atom. The van der Waals surface area contributed by atoms with E-state index in [0.29, 0.717) is 0 Å². The lowest BCUT2D eigenvalue weighted by Gasteiger charge is -2.31. The summed E-state index contributed by atoms with van der Waals surface area (Å²) < 4.78 is 0. The maximum Gasteiger partial charge on any atom is 0.503 e. The molecule has 3 nitrogen and oxygen atoms in total. The Kier molecular flexibility index (Phi) is 4.41. The van der Waals surface area contributed by atoms with Crippen LogP contribution in [-0.4, -0.2) is 16.4 Å². The van der Waals surface area contributed by atoms with Gasteiger partial charge in [0.1, 0.15) is 0 Å². The second kappa shape index (κ2) is 6.24. The molecule has 104 valence electrons. The van der Waals surface area contributed by atoms with E-state index >= 15 is 0 Å². The highest BCUT2D eigenvalue weighted by atomic mass is 16.6. The van der Waals surface area contributed by atoms with Crippen LogP contribution in [0, 0.1) is 0 Å². The van der Waals surface area contributed by atoms with Crippen molar-refractivity contribution in [3.63, 3.8) is 0 Å². The van der Waals surface area contributed by atoms with E-state index in [4.69, 9.17) is 15.0 Å². The van der Waals surface area contributed by atoms with Crippen LogP contribution in [0.2, 0.25) is 0 Å². The van der Waals surface area contributed by atoms with Crippen molar-refractivity contribution in [3.8, 4) is 0 Å². The number of hydrogen-bond acceptors (Lipinski definition) is 1. The lowest BCUT2D eigenvalue weighted by atomic mass is 9.73. The summed E-state index contributed by atoms with van der Waals surface area (Å²) >= 11 is 0. The molecule has 0 amide bonds. The van der Waals surface area contributed by atoms with Crippen molar-refractivity contribution in [1.29, 1.82) is 0 Å². The summed E-state index contributed by atoms with van der Waals surface area (Å²) in [5, 5.41) is 13.9. The summed E-state index contributed by atoms with van der Waals surface area (Å²) in [7, 11) is 0. The zero-order valence-corrected chi connectivity index (χ0v) is 11.5. The van der Waals surface area contributed by atoms with Crippen molar-refractivity contribution in [2.45, 2.75) is 26.2 Å². The average Bonchev–Trinajstić information content (AvgIpc) is 2.41. The van der Waals surface area contributed by atoms with E-state index in [0.717, 1.165) is 6.42 Å². The maximum absolute atomic E-state index is 8.56. The van der Waals surface area contributed by atoms with Gasteiger partial charge in [-0.3, -0.25) is 0 Å². The van der Waals surface area contributed by atoms with Gasteiger partial charge in [0.15, 0.2) is 0 Å². The molecule has 0 radical (unpaired) electrons. The maximum atomic E-state index is 8.56. The van der Waals surface area contributed by atoms with Gasteiger partial charge in [0.05, 0.1) is 0 Å². The van der Waals surface area contributed by atoms with Crippen LogP contribution in [0.3, 0.4) is 0 Å². The largest absolute Gasteiger partial charge is 0.503 e. The molecular formula is C17H18O3. The van der Waals surface area contributed by atoms with Crippen LogP contribution >= 0.6 is 0 Å². The fourth-order valence-corrected chi connectivity index (χ4v) is 2.60. The van der Waals surface area contributed by atoms with E-state index in [1.54, 1.807) is 5.57 Å². The highest BCUT2D eigenvalue weighted by Crippen LogP contribution is 2.48. The monoisotopic (exact) mass is 270 g/mol. The molecule has 0 heterocycles. The Bertz CT molecular complexity index is 602. The van der Waals surface area contributed by atoms with Crippen molar-refractivity contribution in [1.82, 2.24) is 0 Å². The third kappa shape index (κ3) is 2.82. The third-order valence-electron chi connectivity index (χ3n) is 3.38. The molecule has 0 aromatic heterocycles. The normalized spacial score (nSPS) is 16.8. The quantitative estimate of drug-likeness (QED) is 0.810. The number of carbonyl (C=O) groups is 1. The zero-order chi connectivity index (χ0) is 14.5. The fourth-order valence-electron chi connectivity index (χ4n) is 2.60. The number of hydrogen-bond donors (Lipinski definition) is 2. The molecule has 20 heavy (non-hydrogen) atoms. The first-order valence-corrected chi connectivity index (χ1v) is 6.77. The predicted octanol–water partition coefficient (Wildman–Crippen LogP) is 4.82. The van der Waals surface area contributed by atoms with Gasteiger partial charge in [-0.1, -0.05) is 55.8 Å². The molecule has 0 aliphatic heterocycles. The highest BCUT2D eigenvalue weighted by molar-refractivity contribution is 6.12. The molecule has 1 aromatic carbocycles. The van der Waals surface area contributed by atoms with Gasteiger partial charge in [-0.2, -0.15) is 0 Å². The van der Waals surface area contributed by atoms with Crippen molar-refractivity contribution in [2.24, 2.45) is 0 Å². The molecule has 0 unspecified atom stereocenters. The summed E-state index contributed by atoms with van der Waals surface area (Å²) in [4.78, 5) is 8.56. The molecule has 0 atom stereocenters. The molecule has 3 heteroatoms. The first-order valence-electron chi connectivity index (χ1n) is 6.77. The van der Waals surface area contributed by atoms with Gasteiger partial charge in [0.25, 0.3) is 0 Å².